The first-order chi connectivity index (χ1) is 42.0. The van der Waals surface area contributed by atoms with Gasteiger partial charge in [0.15, 0.2) is 0 Å². The average Bonchev–Trinajstić information content (AvgIpc) is 3.55. The van der Waals surface area contributed by atoms with E-state index in [1.165, 1.54) is 379 Å². The second kappa shape index (κ2) is 74.8. The number of aliphatic hydroxyl groups is 2. The zero-order valence-corrected chi connectivity index (χ0v) is 57.9. The number of esters is 1. The largest absolute Gasteiger partial charge is 0.466 e. The van der Waals surface area contributed by atoms with Crippen LogP contribution in [0.3, 0.4) is 0 Å². The lowest BCUT2D eigenvalue weighted by atomic mass is 10.0. The Balaban J connectivity index is 3.29. The monoisotopic (exact) mass is 1200 g/mol. The molecule has 0 saturated heterocycles. The van der Waals surface area contributed by atoms with Gasteiger partial charge in [0.2, 0.25) is 5.91 Å². The maximum absolute atomic E-state index is 12.4. The minimum absolute atomic E-state index is 0.0275. The Morgan fingerprint density at radius 1 is 0.318 bits per heavy atom. The van der Waals surface area contributed by atoms with Crippen molar-refractivity contribution < 1.29 is 24.5 Å². The molecule has 0 rings (SSSR count). The van der Waals surface area contributed by atoms with Crippen LogP contribution in [0.1, 0.15) is 444 Å². The van der Waals surface area contributed by atoms with Gasteiger partial charge in [-0.3, -0.25) is 9.59 Å². The fourth-order valence-corrected chi connectivity index (χ4v) is 12.5. The Hall–Kier alpha value is -1.66. The molecule has 85 heavy (non-hydrogen) atoms. The van der Waals surface area contributed by atoms with Crippen molar-refractivity contribution in [1.82, 2.24) is 5.32 Å². The third-order valence-corrected chi connectivity index (χ3v) is 18.5. The van der Waals surface area contributed by atoms with Crippen LogP contribution in [0.5, 0.6) is 0 Å². The molecule has 6 heteroatoms. The number of hydrogen-bond acceptors (Lipinski definition) is 5. The van der Waals surface area contributed by atoms with Crippen LogP contribution in [0.4, 0.5) is 0 Å². The highest BCUT2D eigenvalue weighted by molar-refractivity contribution is 5.76. The number of rotatable bonds is 74. The van der Waals surface area contributed by atoms with Crippen LogP contribution in [-0.4, -0.2) is 47.4 Å². The van der Waals surface area contributed by atoms with Crippen molar-refractivity contribution in [2.45, 2.75) is 456 Å². The molecule has 0 aliphatic rings. The molecular formula is C79H153NO5. The molecule has 0 aromatic heterocycles. The Morgan fingerprint density at radius 3 is 0.835 bits per heavy atom. The van der Waals surface area contributed by atoms with E-state index in [9.17, 15) is 19.8 Å². The van der Waals surface area contributed by atoms with Crippen LogP contribution in [0.15, 0.2) is 24.3 Å². The van der Waals surface area contributed by atoms with Crippen LogP contribution in [0.2, 0.25) is 0 Å². The number of allylic oxidation sites excluding steroid dienone is 3. The van der Waals surface area contributed by atoms with E-state index >= 15 is 0 Å². The second-order valence-electron chi connectivity index (χ2n) is 27.0. The van der Waals surface area contributed by atoms with E-state index in [2.05, 4.69) is 31.3 Å². The number of carbonyl (C=O) groups is 2. The van der Waals surface area contributed by atoms with Crippen molar-refractivity contribution in [2.24, 2.45) is 0 Å². The summed E-state index contributed by atoms with van der Waals surface area (Å²) < 4.78 is 5.52. The van der Waals surface area contributed by atoms with Crippen LogP contribution >= 0.6 is 0 Å². The molecule has 0 radical (unpaired) electrons. The van der Waals surface area contributed by atoms with E-state index in [4.69, 9.17) is 4.74 Å². The molecule has 0 aliphatic carbocycles. The number of nitrogens with one attached hydrogen (secondary N) is 1. The average molecular weight is 1200 g/mol. The summed E-state index contributed by atoms with van der Waals surface area (Å²) in [6.45, 7) is 4.94. The van der Waals surface area contributed by atoms with Gasteiger partial charge in [-0.2, -0.15) is 0 Å². The molecule has 2 atom stereocenters. The lowest BCUT2D eigenvalue weighted by Crippen LogP contribution is -2.45. The molecule has 2 unspecified atom stereocenters. The van der Waals surface area contributed by atoms with E-state index in [0.717, 1.165) is 38.5 Å². The first-order valence-electron chi connectivity index (χ1n) is 39.1. The first kappa shape index (κ1) is 83.3. The number of aliphatic hydroxyl groups excluding tert-OH is 2. The third kappa shape index (κ3) is 71.3. The number of ether oxygens (including phenoxy) is 1. The Kier molecular flexibility index (Phi) is 73.3. The van der Waals surface area contributed by atoms with Crippen LogP contribution in [0.25, 0.3) is 0 Å². The summed E-state index contributed by atoms with van der Waals surface area (Å²) in [6, 6.07) is -0.623. The molecule has 0 aliphatic heterocycles. The van der Waals surface area contributed by atoms with Crippen LogP contribution in [-0.2, 0) is 14.3 Å². The van der Waals surface area contributed by atoms with Gasteiger partial charge < -0.3 is 20.3 Å². The van der Waals surface area contributed by atoms with Crippen molar-refractivity contribution >= 4 is 11.9 Å². The van der Waals surface area contributed by atoms with Crippen molar-refractivity contribution in [2.75, 3.05) is 13.2 Å². The quantitative estimate of drug-likeness (QED) is 0.0320. The van der Waals surface area contributed by atoms with Gasteiger partial charge in [-0.15, -0.1) is 0 Å². The standard InChI is InChI=1S/C79H153NO5/c1-3-5-7-9-11-13-15-16-17-18-43-46-49-53-57-61-65-69-73-79(84)85-74-70-66-62-58-54-50-47-44-41-39-37-35-33-31-29-27-25-23-21-19-20-22-24-26-28-30-32-34-36-38-40-42-45-48-52-56-60-64-68-72-78(83)80-76(75-81)77(82)71-67-63-59-55-51-14-12-10-8-6-4-2/h19-20,67,71,76-77,81-82H,3-18,21-66,68-70,72-75H2,1-2H3,(H,80,83)/b20-19-,71-67+. The van der Waals surface area contributed by atoms with Crippen LogP contribution in [0, 0.1) is 0 Å². The Labute approximate surface area is 532 Å². The number of amides is 1. The lowest BCUT2D eigenvalue weighted by Gasteiger charge is -2.20. The maximum Gasteiger partial charge on any atom is 0.305 e. The van der Waals surface area contributed by atoms with Crippen molar-refractivity contribution in [3.63, 3.8) is 0 Å². The smallest absolute Gasteiger partial charge is 0.305 e. The van der Waals surface area contributed by atoms with Gasteiger partial charge in [0.25, 0.3) is 0 Å². The van der Waals surface area contributed by atoms with Gasteiger partial charge in [0.05, 0.1) is 25.4 Å². The fraction of sp³-hybridized carbons (Fsp3) is 0.924. The van der Waals surface area contributed by atoms with E-state index in [1.807, 2.05) is 6.08 Å². The molecule has 0 fully saturated rings. The van der Waals surface area contributed by atoms with E-state index in [-0.39, 0.29) is 18.5 Å². The van der Waals surface area contributed by atoms with Gasteiger partial charge in [0, 0.05) is 12.8 Å². The van der Waals surface area contributed by atoms with Gasteiger partial charge in [-0.05, 0) is 57.8 Å². The Bertz CT molecular complexity index is 1330. The summed E-state index contributed by atoms with van der Waals surface area (Å²) in [5.41, 5.74) is 0. The molecule has 0 bridgehead atoms. The predicted molar refractivity (Wildman–Crippen MR) is 375 cm³/mol. The molecule has 0 heterocycles. The number of hydrogen-bond donors (Lipinski definition) is 3. The first-order valence-corrected chi connectivity index (χ1v) is 39.1. The molecule has 0 aromatic carbocycles. The highest BCUT2D eigenvalue weighted by atomic mass is 16.5. The molecule has 3 N–H and O–H groups in total. The molecular weight excluding hydrogens is 1040 g/mol. The van der Waals surface area contributed by atoms with Crippen molar-refractivity contribution in [1.29, 1.82) is 0 Å². The summed E-state index contributed by atoms with van der Waals surface area (Å²) >= 11 is 0. The zero-order chi connectivity index (χ0) is 61.3. The van der Waals surface area contributed by atoms with E-state index in [1.54, 1.807) is 6.08 Å². The summed E-state index contributed by atoms with van der Waals surface area (Å²) in [7, 11) is 0. The van der Waals surface area contributed by atoms with E-state index in [0.29, 0.717) is 19.4 Å². The van der Waals surface area contributed by atoms with E-state index < -0.39 is 12.1 Å². The fourth-order valence-electron chi connectivity index (χ4n) is 12.5. The number of carbonyl (C=O) groups excluding carboxylic acids is 2. The summed E-state index contributed by atoms with van der Waals surface area (Å²) in [4.78, 5) is 24.6. The molecule has 1 amide bonds. The topological polar surface area (TPSA) is 95.9 Å². The predicted octanol–water partition coefficient (Wildman–Crippen LogP) is 25.7. The normalized spacial score (nSPS) is 12.6. The maximum atomic E-state index is 12.4. The molecule has 504 valence electrons. The SMILES string of the molecule is CCCCCCCCCCC/C=C/C(O)C(CO)NC(=O)CCCCCCCCCCCCCCCCCCC/C=C\CCCCCCCCCCCCCCCCCCCCOC(=O)CCCCCCCCCCCCCCCCCCCC. The summed E-state index contributed by atoms with van der Waals surface area (Å²) in [5, 5.41) is 23.1. The minimum atomic E-state index is -0.839. The van der Waals surface area contributed by atoms with Gasteiger partial charge >= 0.3 is 5.97 Å². The summed E-state index contributed by atoms with van der Waals surface area (Å²) in [5.74, 6) is -0.0353. The van der Waals surface area contributed by atoms with Crippen molar-refractivity contribution in [3.8, 4) is 0 Å². The lowest BCUT2D eigenvalue weighted by molar-refractivity contribution is -0.143. The second-order valence-corrected chi connectivity index (χ2v) is 27.0. The van der Waals surface area contributed by atoms with Gasteiger partial charge in [-0.1, -0.05) is 398 Å². The molecule has 0 aromatic rings. The molecule has 0 spiro atoms. The zero-order valence-electron chi connectivity index (χ0n) is 57.9. The van der Waals surface area contributed by atoms with Crippen LogP contribution < -0.4 is 5.32 Å². The van der Waals surface area contributed by atoms with Crippen molar-refractivity contribution in [3.05, 3.63) is 24.3 Å². The minimum Gasteiger partial charge on any atom is -0.466 e. The highest BCUT2D eigenvalue weighted by Crippen LogP contribution is 2.20. The number of unbranched alkanes of at least 4 members (excludes halogenated alkanes) is 61. The molecule has 0 saturated carbocycles. The summed E-state index contributed by atoms with van der Waals surface area (Å²) in [6.07, 6.45) is 96.1. The molecule has 6 nitrogen and oxygen atoms in total. The third-order valence-electron chi connectivity index (χ3n) is 18.5. The van der Waals surface area contributed by atoms with Gasteiger partial charge in [0.1, 0.15) is 0 Å². The van der Waals surface area contributed by atoms with Gasteiger partial charge in [-0.25, -0.2) is 0 Å². The Morgan fingerprint density at radius 2 is 0.553 bits per heavy atom. The highest BCUT2D eigenvalue weighted by Gasteiger charge is 2.18.